The molecule has 4 rings (SSSR count). The molecule has 1 amide bonds. The van der Waals surface area contributed by atoms with E-state index in [4.69, 9.17) is 0 Å². The van der Waals surface area contributed by atoms with Crippen LogP contribution in [0.2, 0.25) is 0 Å². The number of halogens is 1. The summed E-state index contributed by atoms with van der Waals surface area (Å²) >= 11 is 0. The highest BCUT2D eigenvalue weighted by Crippen LogP contribution is 2.21. The van der Waals surface area contributed by atoms with Gasteiger partial charge in [-0.05, 0) is 41.8 Å². The Labute approximate surface area is 156 Å². The standard InChI is InChI=1S/C20H20FN5O/c21-16-6-3-4-14(10-16)12-26-13-19(24-25-26)20(27)23-11-18-17-7-2-1-5-15(17)8-9-22-18/h1-7,10,13,18,22H,8-9,11-12H2,(H,23,27). The van der Waals surface area contributed by atoms with Gasteiger partial charge in [0.1, 0.15) is 5.82 Å². The minimum atomic E-state index is -0.300. The molecule has 1 aliphatic rings. The van der Waals surface area contributed by atoms with Crippen molar-refractivity contribution < 1.29 is 9.18 Å². The molecule has 0 spiro atoms. The van der Waals surface area contributed by atoms with Gasteiger partial charge in [-0.15, -0.1) is 5.10 Å². The van der Waals surface area contributed by atoms with Crippen molar-refractivity contribution in [2.24, 2.45) is 0 Å². The van der Waals surface area contributed by atoms with Crippen LogP contribution >= 0.6 is 0 Å². The van der Waals surface area contributed by atoms with Gasteiger partial charge in [0.2, 0.25) is 0 Å². The van der Waals surface area contributed by atoms with Gasteiger partial charge in [0.15, 0.2) is 5.69 Å². The Morgan fingerprint density at radius 2 is 2.15 bits per heavy atom. The van der Waals surface area contributed by atoms with Crippen LogP contribution in [0.15, 0.2) is 54.7 Å². The second-order valence-electron chi connectivity index (χ2n) is 6.60. The Balaban J connectivity index is 1.38. The van der Waals surface area contributed by atoms with E-state index in [1.165, 1.54) is 27.9 Å². The minimum Gasteiger partial charge on any atom is -0.349 e. The first-order valence-electron chi connectivity index (χ1n) is 8.93. The quantitative estimate of drug-likeness (QED) is 0.726. The number of aromatic nitrogens is 3. The summed E-state index contributed by atoms with van der Waals surface area (Å²) in [6.45, 7) is 1.73. The van der Waals surface area contributed by atoms with Gasteiger partial charge in [-0.1, -0.05) is 41.6 Å². The van der Waals surface area contributed by atoms with Crippen LogP contribution in [-0.4, -0.2) is 34.0 Å². The summed E-state index contributed by atoms with van der Waals surface area (Å²) in [5.74, 6) is -0.573. The molecule has 0 saturated heterocycles. The van der Waals surface area contributed by atoms with E-state index in [1.54, 1.807) is 18.3 Å². The molecular weight excluding hydrogens is 345 g/mol. The first kappa shape index (κ1) is 17.4. The number of hydrogen-bond acceptors (Lipinski definition) is 4. The molecular formula is C20H20FN5O. The number of nitrogens with one attached hydrogen (secondary N) is 2. The highest BCUT2D eigenvalue weighted by molar-refractivity contribution is 5.91. The van der Waals surface area contributed by atoms with Gasteiger partial charge in [-0.2, -0.15) is 0 Å². The monoisotopic (exact) mass is 365 g/mol. The maximum absolute atomic E-state index is 13.3. The average Bonchev–Trinajstić information content (AvgIpc) is 3.14. The van der Waals surface area contributed by atoms with Gasteiger partial charge in [-0.3, -0.25) is 4.79 Å². The van der Waals surface area contributed by atoms with Gasteiger partial charge in [0.05, 0.1) is 12.7 Å². The minimum absolute atomic E-state index is 0.0845. The first-order chi connectivity index (χ1) is 13.2. The number of amides is 1. The van der Waals surface area contributed by atoms with Crippen LogP contribution in [-0.2, 0) is 13.0 Å². The zero-order valence-electron chi connectivity index (χ0n) is 14.7. The second-order valence-corrected chi connectivity index (χ2v) is 6.60. The molecule has 1 aliphatic heterocycles. The van der Waals surface area contributed by atoms with Crippen molar-refractivity contribution in [1.29, 1.82) is 0 Å². The fourth-order valence-electron chi connectivity index (χ4n) is 3.36. The fraction of sp³-hybridized carbons (Fsp3) is 0.250. The molecule has 1 unspecified atom stereocenters. The number of fused-ring (bicyclic) bond motifs is 1. The predicted molar refractivity (Wildman–Crippen MR) is 98.7 cm³/mol. The maximum atomic E-state index is 13.3. The molecule has 0 fully saturated rings. The Hall–Kier alpha value is -3.06. The third-order valence-corrected chi connectivity index (χ3v) is 4.69. The second kappa shape index (κ2) is 7.67. The third-order valence-electron chi connectivity index (χ3n) is 4.69. The predicted octanol–water partition coefficient (Wildman–Crippen LogP) is 2.08. The molecule has 3 aromatic rings. The lowest BCUT2D eigenvalue weighted by Gasteiger charge is -2.27. The SMILES string of the molecule is O=C(NCC1NCCc2ccccc21)c1cn(Cc2cccc(F)c2)nn1. The lowest BCUT2D eigenvalue weighted by molar-refractivity contribution is 0.0944. The summed E-state index contributed by atoms with van der Waals surface area (Å²) < 4.78 is 14.8. The van der Waals surface area contributed by atoms with Crippen LogP contribution in [0.5, 0.6) is 0 Å². The van der Waals surface area contributed by atoms with E-state index >= 15 is 0 Å². The van der Waals surface area contributed by atoms with E-state index in [1.807, 2.05) is 12.1 Å². The molecule has 0 saturated carbocycles. The highest BCUT2D eigenvalue weighted by atomic mass is 19.1. The Bertz CT molecular complexity index is 955. The van der Waals surface area contributed by atoms with E-state index in [0.717, 1.165) is 18.5 Å². The number of carbonyl (C=O) groups is 1. The van der Waals surface area contributed by atoms with Crippen LogP contribution < -0.4 is 10.6 Å². The smallest absolute Gasteiger partial charge is 0.273 e. The van der Waals surface area contributed by atoms with Crippen molar-refractivity contribution in [2.45, 2.75) is 19.0 Å². The zero-order valence-corrected chi connectivity index (χ0v) is 14.7. The highest BCUT2D eigenvalue weighted by Gasteiger charge is 2.20. The topological polar surface area (TPSA) is 71.8 Å². The fourth-order valence-corrected chi connectivity index (χ4v) is 3.36. The Morgan fingerprint density at radius 3 is 3.04 bits per heavy atom. The molecule has 6 nitrogen and oxygen atoms in total. The molecule has 0 aliphatic carbocycles. The van der Waals surface area contributed by atoms with Crippen molar-refractivity contribution in [1.82, 2.24) is 25.6 Å². The van der Waals surface area contributed by atoms with Gasteiger partial charge >= 0.3 is 0 Å². The van der Waals surface area contributed by atoms with Crippen LogP contribution in [0, 0.1) is 5.82 Å². The summed E-state index contributed by atoms with van der Waals surface area (Å²) in [7, 11) is 0. The largest absolute Gasteiger partial charge is 0.349 e. The van der Waals surface area contributed by atoms with Crippen molar-refractivity contribution in [3.05, 3.63) is 82.9 Å². The molecule has 2 N–H and O–H groups in total. The normalized spacial score (nSPS) is 16.0. The van der Waals surface area contributed by atoms with E-state index in [9.17, 15) is 9.18 Å². The number of rotatable bonds is 5. The number of carbonyl (C=O) groups excluding carboxylic acids is 1. The van der Waals surface area contributed by atoms with E-state index in [-0.39, 0.29) is 23.5 Å². The molecule has 2 heterocycles. The lowest BCUT2D eigenvalue weighted by Crippen LogP contribution is -2.38. The van der Waals surface area contributed by atoms with E-state index < -0.39 is 0 Å². The van der Waals surface area contributed by atoms with Crippen LogP contribution in [0.3, 0.4) is 0 Å². The van der Waals surface area contributed by atoms with Crippen molar-refractivity contribution >= 4 is 5.91 Å². The molecule has 138 valence electrons. The van der Waals surface area contributed by atoms with Gasteiger partial charge in [-0.25, -0.2) is 9.07 Å². The van der Waals surface area contributed by atoms with E-state index in [0.29, 0.717) is 13.1 Å². The van der Waals surface area contributed by atoms with Crippen molar-refractivity contribution in [2.75, 3.05) is 13.1 Å². The van der Waals surface area contributed by atoms with Crippen LogP contribution in [0.4, 0.5) is 4.39 Å². The maximum Gasteiger partial charge on any atom is 0.273 e. The number of nitrogens with zero attached hydrogens (tertiary/aromatic N) is 3. The van der Waals surface area contributed by atoms with Crippen molar-refractivity contribution in [3.8, 4) is 0 Å². The molecule has 27 heavy (non-hydrogen) atoms. The van der Waals surface area contributed by atoms with Crippen LogP contribution in [0.1, 0.15) is 33.2 Å². The summed E-state index contributed by atoms with van der Waals surface area (Å²) in [6, 6.07) is 14.6. The van der Waals surface area contributed by atoms with Gasteiger partial charge < -0.3 is 10.6 Å². The summed E-state index contributed by atoms with van der Waals surface area (Å²) in [4.78, 5) is 12.4. The lowest BCUT2D eigenvalue weighted by atomic mass is 9.94. The van der Waals surface area contributed by atoms with Crippen molar-refractivity contribution in [3.63, 3.8) is 0 Å². The van der Waals surface area contributed by atoms with Crippen LogP contribution in [0.25, 0.3) is 0 Å². The molecule has 0 bridgehead atoms. The molecule has 1 aromatic heterocycles. The molecule has 7 heteroatoms. The number of hydrogen-bond donors (Lipinski definition) is 2. The summed E-state index contributed by atoms with van der Waals surface area (Å²) in [5.41, 5.74) is 3.54. The Morgan fingerprint density at radius 1 is 1.26 bits per heavy atom. The summed E-state index contributed by atoms with van der Waals surface area (Å²) in [5, 5.41) is 14.2. The Kier molecular flexibility index (Phi) is 4.93. The van der Waals surface area contributed by atoms with Gasteiger partial charge in [0, 0.05) is 12.6 Å². The number of benzene rings is 2. The zero-order chi connectivity index (χ0) is 18.6. The summed E-state index contributed by atoms with van der Waals surface area (Å²) in [6.07, 6.45) is 2.57. The molecule has 2 aromatic carbocycles. The van der Waals surface area contributed by atoms with E-state index in [2.05, 4.69) is 33.1 Å². The third kappa shape index (κ3) is 4.03. The average molecular weight is 365 g/mol. The first-order valence-corrected chi connectivity index (χ1v) is 8.93. The molecule has 1 atom stereocenters. The van der Waals surface area contributed by atoms with Gasteiger partial charge in [0.25, 0.3) is 5.91 Å². The molecule has 0 radical (unpaired) electrons.